The van der Waals surface area contributed by atoms with Crippen LogP contribution < -0.4 is 17.0 Å². The Bertz CT molecular complexity index is 417. The number of hydrogen-bond acceptors (Lipinski definition) is 6. The number of primary amides is 1. The minimum Gasteiger partial charge on any atom is -0.369 e. The molecule has 0 aliphatic heterocycles. The van der Waals surface area contributed by atoms with Crippen LogP contribution in [0.4, 0.5) is 0 Å². The van der Waals surface area contributed by atoms with Crippen molar-refractivity contribution in [3.63, 3.8) is 0 Å². The summed E-state index contributed by atoms with van der Waals surface area (Å²) >= 11 is 0. The maximum Gasteiger partial charge on any atom is 0.287 e. The Morgan fingerprint density at radius 2 is 2.28 bits per heavy atom. The van der Waals surface area contributed by atoms with Crippen molar-refractivity contribution < 1.29 is 9.59 Å². The van der Waals surface area contributed by atoms with Gasteiger partial charge in [-0.2, -0.15) is 0 Å². The van der Waals surface area contributed by atoms with Crippen LogP contribution in [0.3, 0.4) is 0 Å². The molecule has 0 aliphatic rings. The van der Waals surface area contributed by atoms with Crippen LogP contribution >= 0.6 is 0 Å². The number of rotatable bonds is 7. The van der Waals surface area contributed by atoms with Crippen molar-refractivity contribution in [2.24, 2.45) is 11.6 Å². The minimum absolute atomic E-state index is 0.149. The average molecular weight is 255 g/mol. The van der Waals surface area contributed by atoms with Crippen LogP contribution in [0.1, 0.15) is 17.4 Å². The van der Waals surface area contributed by atoms with E-state index < -0.39 is 5.91 Å². The molecule has 9 heteroatoms. The molecule has 0 radical (unpaired) electrons. The topological polar surface area (TPSA) is 132 Å². The minimum atomic E-state index is -0.495. The highest BCUT2D eigenvalue weighted by Crippen LogP contribution is 1.94. The highest BCUT2D eigenvalue weighted by Gasteiger charge is 2.10. The van der Waals surface area contributed by atoms with E-state index in [1.165, 1.54) is 10.9 Å². The number of nitrogens with two attached hydrogens (primary N) is 2. The van der Waals surface area contributed by atoms with Crippen LogP contribution in [-0.4, -0.2) is 51.3 Å². The Hall–Kier alpha value is -2.00. The molecule has 0 unspecified atom stereocenters. The van der Waals surface area contributed by atoms with E-state index >= 15 is 0 Å². The number of nitrogens with zero attached hydrogens (tertiary/aromatic N) is 4. The Balaban J connectivity index is 2.49. The van der Waals surface area contributed by atoms with Crippen LogP contribution in [0.25, 0.3) is 0 Å². The second kappa shape index (κ2) is 6.67. The molecule has 0 atom stereocenters. The third-order valence-electron chi connectivity index (χ3n) is 2.37. The monoisotopic (exact) mass is 255 g/mol. The van der Waals surface area contributed by atoms with Gasteiger partial charge in [0.2, 0.25) is 5.91 Å². The summed E-state index contributed by atoms with van der Waals surface area (Å²) in [6.45, 7) is 3.92. The van der Waals surface area contributed by atoms with Gasteiger partial charge in [-0.1, -0.05) is 12.1 Å². The molecule has 1 aromatic heterocycles. The summed E-state index contributed by atoms with van der Waals surface area (Å²) in [5, 5.41) is 7.44. The molecule has 0 fully saturated rings. The van der Waals surface area contributed by atoms with Gasteiger partial charge in [0.25, 0.3) is 5.91 Å². The molecule has 1 heterocycles. The van der Waals surface area contributed by atoms with Crippen LogP contribution in [0, 0.1) is 0 Å². The fourth-order valence-corrected chi connectivity index (χ4v) is 1.40. The summed E-state index contributed by atoms with van der Waals surface area (Å²) in [5.74, 6) is 4.10. The average Bonchev–Trinajstić information content (AvgIpc) is 2.81. The zero-order valence-electron chi connectivity index (χ0n) is 10.2. The molecule has 0 spiro atoms. The predicted octanol–water partition coefficient (Wildman–Crippen LogP) is -2.31. The molecule has 18 heavy (non-hydrogen) atoms. The number of hydrazine groups is 1. The second-order valence-electron chi connectivity index (χ2n) is 3.68. The van der Waals surface area contributed by atoms with Crippen molar-refractivity contribution in [3.05, 3.63) is 11.9 Å². The van der Waals surface area contributed by atoms with Crippen molar-refractivity contribution >= 4 is 11.8 Å². The lowest BCUT2D eigenvalue weighted by Gasteiger charge is -2.17. The number of hydrogen-bond donors (Lipinski definition) is 3. The third kappa shape index (κ3) is 4.11. The smallest absolute Gasteiger partial charge is 0.287 e. The molecule has 0 saturated carbocycles. The van der Waals surface area contributed by atoms with E-state index in [0.717, 1.165) is 0 Å². The van der Waals surface area contributed by atoms with Gasteiger partial charge in [0, 0.05) is 6.54 Å². The molecule has 0 bridgehead atoms. The third-order valence-corrected chi connectivity index (χ3v) is 2.37. The summed E-state index contributed by atoms with van der Waals surface area (Å²) in [7, 11) is 0. The molecule has 100 valence electrons. The van der Waals surface area contributed by atoms with Gasteiger partial charge in [-0.15, -0.1) is 5.10 Å². The molecular weight excluding hydrogens is 238 g/mol. The zero-order chi connectivity index (χ0) is 13.5. The lowest BCUT2D eigenvalue weighted by atomic mass is 10.4. The first-order valence-corrected chi connectivity index (χ1v) is 5.48. The largest absolute Gasteiger partial charge is 0.369 e. The number of amides is 2. The first-order valence-electron chi connectivity index (χ1n) is 5.48. The first kappa shape index (κ1) is 14.1. The summed E-state index contributed by atoms with van der Waals surface area (Å²) in [6, 6.07) is 0. The zero-order valence-corrected chi connectivity index (χ0v) is 10.2. The quantitative estimate of drug-likeness (QED) is 0.285. The number of aromatic nitrogens is 3. The van der Waals surface area contributed by atoms with Gasteiger partial charge >= 0.3 is 0 Å². The molecule has 1 aromatic rings. The molecule has 0 aliphatic carbocycles. The summed E-state index contributed by atoms with van der Waals surface area (Å²) in [5.41, 5.74) is 7.24. The Kier molecular flexibility index (Phi) is 5.21. The lowest BCUT2D eigenvalue weighted by Crippen LogP contribution is -2.35. The van der Waals surface area contributed by atoms with E-state index in [2.05, 4.69) is 10.3 Å². The normalized spacial score (nSPS) is 10.6. The van der Waals surface area contributed by atoms with Crippen molar-refractivity contribution in [2.75, 3.05) is 19.6 Å². The van der Waals surface area contributed by atoms with E-state index in [1.807, 2.05) is 17.2 Å². The molecule has 0 aromatic carbocycles. The van der Waals surface area contributed by atoms with Crippen LogP contribution in [0.2, 0.25) is 0 Å². The Morgan fingerprint density at radius 1 is 1.56 bits per heavy atom. The molecular formula is C9H17N7O2. The highest BCUT2D eigenvalue weighted by molar-refractivity contribution is 5.91. The van der Waals surface area contributed by atoms with Crippen LogP contribution in [0.5, 0.6) is 0 Å². The van der Waals surface area contributed by atoms with Crippen molar-refractivity contribution in [2.45, 2.75) is 13.5 Å². The van der Waals surface area contributed by atoms with Gasteiger partial charge in [0.05, 0.1) is 19.3 Å². The van der Waals surface area contributed by atoms with Crippen molar-refractivity contribution in [1.29, 1.82) is 0 Å². The fourth-order valence-electron chi connectivity index (χ4n) is 1.40. The molecule has 1 rings (SSSR count). The number of carbonyl (C=O) groups excluding carboxylic acids is 2. The van der Waals surface area contributed by atoms with Gasteiger partial charge in [-0.25, -0.2) is 5.84 Å². The number of carbonyl (C=O) groups is 2. The number of likely N-dealkylation sites (N-methyl/N-ethyl adjacent to an activating group) is 1. The van der Waals surface area contributed by atoms with Crippen molar-refractivity contribution in [1.82, 2.24) is 25.3 Å². The molecule has 5 N–H and O–H groups in total. The Labute approximate surface area is 104 Å². The Morgan fingerprint density at radius 3 is 2.83 bits per heavy atom. The van der Waals surface area contributed by atoms with E-state index in [9.17, 15) is 9.59 Å². The van der Waals surface area contributed by atoms with E-state index in [1.54, 1.807) is 0 Å². The van der Waals surface area contributed by atoms with Gasteiger partial charge in [0.15, 0.2) is 5.69 Å². The van der Waals surface area contributed by atoms with Gasteiger partial charge in [-0.3, -0.25) is 24.6 Å². The van der Waals surface area contributed by atoms with Gasteiger partial charge in [-0.05, 0) is 6.54 Å². The van der Waals surface area contributed by atoms with Gasteiger partial charge in [0.1, 0.15) is 0 Å². The van der Waals surface area contributed by atoms with Crippen LogP contribution in [-0.2, 0) is 11.3 Å². The number of nitrogens with one attached hydrogen (secondary N) is 1. The maximum atomic E-state index is 11.1. The SMILES string of the molecule is CCN(CCn1cc(C(=O)NN)nn1)CC(N)=O. The molecule has 9 nitrogen and oxygen atoms in total. The van der Waals surface area contributed by atoms with Crippen molar-refractivity contribution in [3.8, 4) is 0 Å². The standard InChI is InChI=1S/C9H17N7O2/c1-2-15(6-8(10)17)3-4-16-5-7(13-14-16)9(18)12-11/h5H,2-4,6,11H2,1H3,(H2,10,17)(H,12,18). The predicted molar refractivity (Wildman–Crippen MR) is 63.0 cm³/mol. The number of nitrogen functional groups attached to an aromatic ring is 1. The summed E-state index contributed by atoms with van der Waals surface area (Å²) < 4.78 is 1.51. The van der Waals surface area contributed by atoms with Crippen LogP contribution in [0.15, 0.2) is 6.20 Å². The van der Waals surface area contributed by atoms with E-state index in [4.69, 9.17) is 11.6 Å². The lowest BCUT2D eigenvalue weighted by molar-refractivity contribution is -0.119. The fraction of sp³-hybridized carbons (Fsp3) is 0.556. The second-order valence-corrected chi connectivity index (χ2v) is 3.68. The summed E-state index contributed by atoms with van der Waals surface area (Å²) in [4.78, 5) is 23.8. The van der Waals surface area contributed by atoms with E-state index in [-0.39, 0.29) is 18.1 Å². The molecule has 2 amide bonds. The van der Waals surface area contributed by atoms with E-state index in [0.29, 0.717) is 19.6 Å². The first-order chi connectivity index (χ1) is 8.56. The van der Waals surface area contributed by atoms with Gasteiger partial charge < -0.3 is 5.73 Å². The molecule has 0 saturated heterocycles. The highest BCUT2D eigenvalue weighted by atomic mass is 16.2. The summed E-state index contributed by atoms with van der Waals surface area (Å²) in [6.07, 6.45) is 1.49. The maximum absolute atomic E-state index is 11.1.